The maximum atomic E-state index is 14.0. The van der Waals surface area contributed by atoms with E-state index in [1.165, 1.54) is 14.7 Å². The number of ketones is 1. The van der Waals surface area contributed by atoms with Crippen molar-refractivity contribution in [2.45, 2.75) is 61.8 Å². The van der Waals surface area contributed by atoms with Gasteiger partial charge in [0.25, 0.3) is 5.91 Å². The fourth-order valence-electron chi connectivity index (χ4n) is 5.97. The number of aromatic nitrogens is 4. The van der Waals surface area contributed by atoms with Crippen molar-refractivity contribution in [3.05, 3.63) is 88.6 Å². The van der Waals surface area contributed by atoms with Crippen LogP contribution in [0.5, 0.6) is 0 Å². The number of tetrazole rings is 1. The van der Waals surface area contributed by atoms with Gasteiger partial charge in [-0.3, -0.25) is 24.2 Å². The molecule has 2 aromatic carbocycles. The van der Waals surface area contributed by atoms with Gasteiger partial charge in [-0.25, -0.2) is 9.80 Å². The first-order valence-corrected chi connectivity index (χ1v) is 18.3. The molecule has 0 unspecified atom stereocenters. The molecule has 2 saturated heterocycles. The lowest BCUT2D eigenvalue weighted by Crippen LogP contribution is -2.65. The van der Waals surface area contributed by atoms with Crippen LogP contribution in [0.3, 0.4) is 0 Å². The minimum Gasteiger partial charge on any atom is -0.344 e. The Labute approximate surface area is 296 Å². The third-order valence-corrected chi connectivity index (χ3v) is 10.4. The molecule has 16 heteroatoms. The molecule has 3 atom stereocenters. The van der Waals surface area contributed by atoms with Crippen LogP contribution >= 0.6 is 23.1 Å². The van der Waals surface area contributed by atoms with Crippen molar-refractivity contribution in [2.75, 3.05) is 18.8 Å². The van der Waals surface area contributed by atoms with E-state index in [9.17, 15) is 24.0 Å². The molecule has 0 radical (unpaired) electrons. The van der Waals surface area contributed by atoms with Gasteiger partial charge < -0.3 is 16.0 Å². The van der Waals surface area contributed by atoms with E-state index >= 15 is 0 Å². The first-order valence-electron chi connectivity index (χ1n) is 16.4. The largest absolute Gasteiger partial charge is 0.344 e. The number of hydrogen-bond acceptors (Lipinski definition) is 10. The van der Waals surface area contributed by atoms with Crippen molar-refractivity contribution in [1.29, 1.82) is 0 Å². The van der Waals surface area contributed by atoms with Crippen molar-refractivity contribution >= 4 is 52.6 Å². The van der Waals surface area contributed by atoms with Crippen LogP contribution in [-0.2, 0) is 32.0 Å². The second kappa shape index (κ2) is 16.5. The number of nitrogens with one attached hydrogen (secondary N) is 3. The highest BCUT2D eigenvalue weighted by Gasteiger charge is 2.45. The Hall–Kier alpha value is -5.09. The lowest BCUT2D eigenvalue weighted by atomic mass is 10.0. The molecule has 0 aliphatic carbocycles. The fraction of sp³-hybridized carbons (Fsp3) is 0.353. The van der Waals surface area contributed by atoms with Crippen LogP contribution in [0.4, 0.5) is 4.79 Å². The first kappa shape index (κ1) is 34.8. The second-order valence-electron chi connectivity index (χ2n) is 11.9. The fourth-order valence-corrected chi connectivity index (χ4v) is 7.51. The van der Waals surface area contributed by atoms with E-state index < -0.39 is 36.0 Å². The van der Waals surface area contributed by atoms with E-state index in [1.54, 1.807) is 11.3 Å². The number of nitrogens with zero attached hydrogens (tertiary/aromatic N) is 6. The lowest BCUT2D eigenvalue weighted by molar-refractivity contribution is -0.176. The summed E-state index contributed by atoms with van der Waals surface area (Å²) in [7, 11) is 0. The Morgan fingerprint density at radius 3 is 2.52 bits per heavy atom. The highest BCUT2D eigenvalue weighted by Crippen LogP contribution is 2.26. The number of carbonyl (C=O) groups excluding carboxylic acids is 5. The van der Waals surface area contributed by atoms with Crippen LogP contribution in [0, 0.1) is 0 Å². The number of carbonyl (C=O) groups is 5. The summed E-state index contributed by atoms with van der Waals surface area (Å²) in [6.45, 7) is 0.649. The molecule has 2 fully saturated rings. The lowest BCUT2D eigenvalue weighted by Gasteiger charge is -2.43. The summed E-state index contributed by atoms with van der Waals surface area (Å²) in [6, 6.07) is 19.0. The Kier molecular flexibility index (Phi) is 11.5. The van der Waals surface area contributed by atoms with Crippen LogP contribution in [-0.4, -0.2) is 96.7 Å². The summed E-state index contributed by atoms with van der Waals surface area (Å²) < 4.78 is 1.54. The molecule has 14 nitrogen and oxygen atoms in total. The number of amides is 5. The zero-order chi connectivity index (χ0) is 34.9. The zero-order valence-electron chi connectivity index (χ0n) is 27.1. The number of thioether (sulfide) groups is 1. The average Bonchev–Trinajstić information content (AvgIpc) is 3.83. The third kappa shape index (κ3) is 8.55. The van der Waals surface area contributed by atoms with Gasteiger partial charge in [0.15, 0.2) is 5.78 Å². The predicted octanol–water partition coefficient (Wildman–Crippen LogP) is 2.55. The molecule has 2 aromatic heterocycles. The topological polar surface area (TPSA) is 172 Å². The first-order chi connectivity index (χ1) is 24.4. The molecule has 0 spiro atoms. The zero-order valence-corrected chi connectivity index (χ0v) is 28.8. The standard InChI is InChI=1S/C34H37N9O5S2/c44-29(22-50-34-38-39-40-42(34)24-11-5-2-6-12-24)27(21-23-9-3-1-4-10-23)36-31(46)28-14-7-19-41-30(45)16-15-26(32(47)43(28)41)37-33(48)35-18-17-25-13-8-20-49-25/h1-6,8-13,20,26-28H,7,14-19,21-22H2,(H,36,46)(H2,35,37,48)/t26-,27-,28-/m0/s1. The van der Waals surface area contributed by atoms with Crippen LogP contribution < -0.4 is 16.0 Å². The van der Waals surface area contributed by atoms with Crippen molar-refractivity contribution < 1.29 is 24.0 Å². The van der Waals surface area contributed by atoms with Gasteiger partial charge in [-0.15, -0.1) is 16.4 Å². The summed E-state index contributed by atoms with van der Waals surface area (Å²) in [6.07, 6.45) is 1.78. The number of hydrogen-bond donors (Lipinski definition) is 3. The van der Waals surface area contributed by atoms with Crippen molar-refractivity contribution in [3.8, 4) is 5.69 Å². The van der Waals surface area contributed by atoms with E-state index in [4.69, 9.17) is 0 Å². The number of fused-ring (bicyclic) bond motifs is 1. The van der Waals surface area contributed by atoms with Gasteiger partial charge in [0, 0.05) is 24.4 Å². The molecule has 0 saturated carbocycles. The Morgan fingerprint density at radius 2 is 1.76 bits per heavy atom. The second-order valence-corrected chi connectivity index (χ2v) is 13.9. The van der Waals surface area contributed by atoms with Gasteiger partial charge >= 0.3 is 6.03 Å². The van der Waals surface area contributed by atoms with Crippen LogP contribution in [0.15, 0.2) is 83.3 Å². The molecule has 5 amide bonds. The molecule has 3 N–H and O–H groups in total. The summed E-state index contributed by atoms with van der Waals surface area (Å²) in [5.41, 5.74) is 1.58. The number of para-hydroxylation sites is 1. The van der Waals surface area contributed by atoms with Crippen molar-refractivity contribution in [2.24, 2.45) is 0 Å². The number of hydrazine groups is 1. The number of benzene rings is 2. The summed E-state index contributed by atoms with van der Waals surface area (Å²) >= 11 is 2.75. The van der Waals surface area contributed by atoms with E-state index in [0.717, 1.165) is 27.9 Å². The van der Waals surface area contributed by atoms with Crippen LogP contribution in [0.1, 0.15) is 36.1 Å². The minimum atomic E-state index is -1.05. The quantitative estimate of drug-likeness (QED) is 0.176. The monoisotopic (exact) mass is 715 g/mol. The summed E-state index contributed by atoms with van der Waals surface area (Å²) in [5, 5.41) is 25.2. The van der Waals surface area contributed by atoms with E-state index in [0.29, 0.717) is 24.5 Å². The maximum absolute atomic E-state index is 14.0. The molecule has 50 heavy (non-hydrogen) atoms. The molecule has 2 aliphatic heterocycles. The normalized spacial score (nSPS) is 18.2. The van der Waals surface area contributed by atoms with Gasteiger partial charge in [0.2, 0.25) is 17.0 Å². The van der Waals surface area contributed by atoms with E-state index in [-0.39, 0.29) is 49.7 Å². The van der Waals surface area contributed by atoms with E-state index in [2.05, 4.69) is 31.5 Å². The molecule has 2 aliphatic rings. The Balaban J connectivity index is 1.15. The third-order valence-electron chi connectivity index (χ3n) is 8.48. The average molecular weight is 716 g/mol. The SMILES string of the molecule is O=C(NCCc1cccs1)N[C@H]1CCC(=O)N2CCC[C@@H](C(=O)N[C@@H](Cc3ccccc3)C(=O)CSc3nnnn3-c3ccccc3)N2C1=O. The Bertz CT molecular complexity index is 1790. The molecule has 4 heterocycles. The molecular formula is C34H37N9O5S2. The number of thiophene rings is 1. The van der Waals surface area contributed by atoms with Gasteiger partial charge in [0.05, 0.1) is 17.5 Å². The van der Waals surface area contributed by atoms with Crippen LogP contribution in [0.2, 0.25) is 0 Å². The number of rotatable bonds is 13. The van der Waals surface area contributed by atoms with E-state index in [1.807, 2.05) is 78.2 Å². The van der Waals surface area contributed by atoms with Crippen molar-refractivity contribution in [1.82, 2.24) is 46.2 Å². The Morgan fingerprint density at radius 1 is 0.980 bits per heavy atom. The van der Waals surface area contributed by atoms with Gasteiger partial charge in [-0.1, -0.05) is 66.4 Å². The molecule has 6 rings (SSSR count). The predicted molar refractivity (Wildman–Crippen MR) is 186 cm³/mol. The number of Topliss-reactive ketones (excluding diaryl/α,β-unsaturated/α-hetero) is 1. The minimum absolute atomic E-state index is 0.0313. The van der Waals surface area contributed by atoms with Gasteiger partial charge in [-0.2, -0.15) is 4.68 Å². The molecule has 260 valence electrons. The maximum Gasteiger partial charge on any atom is 0.315 e. The smallest absolute Gasteiger partial charge is 0.315 e. The molecule has 4 aromatic rings. The summed E-state index contributed by atoms with van der Waals surface area (Å²) in [5.74, 6) is -1.69. The van der Waals surface area contributed by atoms with Gasteiger partial charge in [0.1, 0.15) is 12.1 Å². The van der Waals surface area contributed by atoms with Crippen LogP contribution in [0.25, 0.3) is 5.69 Å². The highest BCUT2D eigenvalue weighted by molar-refractivity contribution is 7.99. The highest BCUT2D eigenvalue weighted by atomic mass is 32.2. The molecular weight excluding hydrogens is 679 g/mol. The van der Waals surface area contributed by atoms with Crippen molar-refractivity contribution in [3.63, 3.8) is 0 Å². The molecule has 0 bridgehead atoms. The summed E-state index contributed by atoms with van der Waals surface area (Å²) in [4.78, 5) is 68.9. The van der Waals surface area contributed by atoms with Gasteiger partial charge in [-0.05, 0) is 71.7 Å². The number of urea groups is 1.